The summed E-state index contributed by atoms with van der Waals surface area (Å²) in [5.74, 6) is 0. The Bertz CT molecular complexity index is 502. The van der Waals surface area contributed by atoms with Crippen molar-refractivity contribution in [3.8, 4) is 11.3 Å². The van der Waals surface area contributed by atoms with Crippen LogP contribution in [0.5, 0.6) is 0 Å². The molecule has 0 amide bonds. The molecular weight excluding hydrogens is 291 g/mol. The Labute approximate surface area is 106 Å². The van der Waals surface area contributed by atoms with Gasteiger partial charge in [0, 0.05) is 5.56 Å². The topological polar surface area (TPSA) is 46.0 Å². The lowest BCUT2D eigenvalue weighted by Crippen LogP contribution is -1.89. The quantitative estimate of drug-likeness (QED) is 0.867. The van der Waals surface area contributed by atoms with Gasteiger partial charge in [0.25, 0.3) is 0 Å². The van der Waals surface area contributed by atoms with Crippen LogP contribution in [0.25, 0.3) is 11.3 Å². The van der Waals surface area contributed by atoms with E-state index in [1.165, 1.54) is 6.33 Å². The molecule has 0 bridgehead atoms. The summed E-state index contributed by atoms with van der Waals surface area (Å²) in [7, 11) is 0. The predicted molar refractivity (Wildman–Crippen MR) is 66.1 cm³/mol. The van der Waals surface area contributed by atoms with Crippen LogP contribution in [0, 0.1) is 0 Å². The molecule has 3 nitrogen and oxygen atoms in total. The monoisotopic (exact) mass is 298 g/mol. The highest BCUT2D eigenvalue weighted by Gasteiger charge is 2.08. The SMILES string of the molecule is OCc1ccc(-c2ncnc(Cl)c2Br)cc1. The largest absolute Gasteiger partial charge is 0.392 e. The van der Waals surface area contributed by atoms with Gasteiger partial charge in [0.05, 0.1) is 16.8 Å². The maximum Gasteiger partial charge on any atom is 0.147 e. The van der Waals surface area contributed by atoms with Crippen LogP contribution in [-0.2, 0) is 6.61 Å². The number of nitrogens with zero attached hydrogens (tertiary/aromatic N) is 2. The zero-order valence-electron chi connectivity index (χ0n) is 8.19. The van der Waals surface area contributed by atoms with E-state index in [0.29, 0.717) is 9.63 Å². The third kappa shape index (κ3) is 2.24. The molecule has 0 fully saturated rings. The summed E-state index contributed by atoms with van der Waals surface area (Å²) < 4.78 is 0.674. The molecule has 2 aromatic rings. The van der Waals surface area contributed by atoms with E-state index in [9.17, 15) is 0 Å². The molecule has 0 saturated carbocycles. The first kappa shape index (κ1) is 11.5. The van der Waals surface area contributed by atoms with Gasteiger partial charge >= 0.3 is 0 Å². The Morgan fingerprint density at radius 2 is 1.88 bits per heavy atom. The number of aliphatic hydroxyl groups excluding tert-OH is 1. The van der Waals surface area contributed by atoms with Crippen LogP contribution in [0.2, 0.25) is 5.15 Å². The van der Waals surface area contributed by atoms with E-state index in [-0.39, 0.29) is 6.61 Å². The van der Waals surface area contributed by atoms with Crippen molar-refractivity contribution in [2.75, 3.05) is 0 Å². The number of aliphatic hydroxyl groups is 1. The minimum absolute atomic E-state index is 0.0337. The summed E-state index contributed by atoms with van der Waals surface area (Å²) in [4.78, 5) is 8.03. The number of hydrogen-bond acceptors (Lipinski definition) is 3. The maximum atomic E-state index is 8.94. The minimum Gasteiger partial charge on any atom is -0.392 e. The summed E-state index contributed by atoms with van der Waals surface area (Å²) in [6, 6.07) is 7.46. The first-order chi connectivity index (χ1) is 7.72. The molecule has 0 spiro atoms. The number of benzene rings is 1. The molecule has 1 aromatic carbocycles. The van der Waals surface area contributed by atoms with E-state index < -0.39 is 0 Å². The van der Waals surface area contributed by atoms with E-state index in [0.717, 1.165) is 16.8 Å². The third-order valence-corrected chi connectivity index (χ3v) is 3.42. The Balaban J connectivity index is 2.46. The molecule has 16 heavy (non-hydrogen) atoms. The fourth-order valence-corrected chi connectivity index (χ4v) is 1.88. The normalized spacial score (nSPS) is 10.4. The van der Waals surface area contributed by atoms with Crippen molar-refractivity contribution in [3.63, 3.8) is 0 Å². The second-order valence-corrected chi connectivity index (χ2v) is 4.33. The van der Waals surface area contributed by atoms with E-state index in [1.807, 2.05) is 24.3 Å². The summed E-state index contributed by atoms with van der Waals surface area (Å²) in [6.07, 6.45) is 1.42. The average Bonchev–Trinajstić information content (AvgIpc) is 2.33. The second-order valence-electron chi connectivity index (χ2n) is 3.18. The van der Waals surface area contributed by atoms with Crippen LogP contribution in [-0.4, -0.2) is 15.1 Å². The van der Waals surface area contributed by atoms with E-state index in [2.05, 4.69) is 25.9 Å². The lowest BCUT2D eigenvalue weighted by Gasteiger charge is -2.04. The minimum atomic E-state index is 0.0337. The molecular formula is C11H8BrClN2O. The molecule has 82 valence electrons. The summed E-state index contributed by atoms with van der Waals surface area (Å²) >= 11 is 9.23. The van der Waals surface area contributed by atoms with Gasteiger partial charge in [-0.15, -0.1) is 0 Å². The molecule has 1 N–H and O–H groups in total. The smallest absolute Gasteiger partial charge is 0.147 e. The van der Waals surface area contributed by atoms with E-state index >= 15 is 0 Å². The zero-order chi connectivity index (χ0) is 11.5. The molecule has 0 aliphatic heterocycles. The van der Waals surface area contributed by atoms with Crippen molar-refractivity contribution in [3.05, 3.63) is 45.8 Å². The molecule has 0 unspecified atom stereocenters. The molecule has 2 rings (SSSR count). The van der Waals surface area contributed by atoms with Crippen molar-refractivity contribution in [2.45, 2.75) is 6.61 Å². The first-order valence-corrected chi connectivity index (χ1v) is 5.75. The highest BCUT2D eigenvalue weighted by Crippen LogP contribution is 2.30. The molecule has 0 radical (unpaired) electrons. The van der Waals surface area contributed by atoms with Crippen molar-refractivity contribution in [2.24, 2.45) is 0 Å². The Morgan fingerprint density at radius 1 is 1.19 bits per heavy atom. The lowest BCUT2D eigenvalue weighted by molar-refractivity contribution is 0.282. The molecule has 0 aliphatic carbocycles. The molecule has 1 heterocycles. The van der Waals surface area contributed by atoms with Gasteiger partial charge < -0.3 is 5.11 Å². The number of aromatic nitrogens is 2. The van der Waals surface area contributed by atoms with Crippen LogP contribution in [0.4, 0.5) is 0 Å². The maximum absolute atomic E-state index is 8.94. The predicted octanol–water partition coefficient (Wildman–Crippen LogP) is 3.05. The van der Waals surface area contributed by atoms with Gasteiger partial charge in [0.15, 0.2) is 0 Å². The zero-order valence-corrected chi connectivity index (χ0v) is 10.5. The first-order valence-electron chi connectivity index (χ1n) is 4.58. The lowest BCUT2D eigenvalue weighted by atomic mass is 10.1. The summed E-state index contributed by atoms with van der Waals surface area (Å²) in [5, 5.41) is 9.33. The fourth-order valence-electron chi connectivity index (χ4n) is 1.32. The average molecular weight is 300 g/mol. The van der Waals surface area contributed by atoms with Crippen LogP contribution >= 0.6 is 27.5 Å². The van der Waals surface area contributed by atoms with Crippen LogP contribution in [0.15, 0.2) is 35.1 Å². The van der Waals surface area contributed by atoms with Crippen molar-refractivity contribution in [1.82, 2.24) is 9.97 Å². The van der Waals surface area contributed by atoms with Crippen LogP contribution in [0.3, 0.4) is 0 Å². The molecule has 1 aromatic heterocycles. The molecule has 5 heteroatoms. The summed E-state index contributed by atoms with van der Waals surface area (Å²) in [6.45, 7) is 0.0337. The van der Waals surface area contributed by atoms with Crippen molar-refractivity contribution < 1.29 is 5.11 Å². The van der Waals surface area contributed by atoms with Gasteiger partial charge in [-0.05, 0) is 21.5 Å². The second kappa shape index (κ2) is 4.91. The highest BCUT2D eigenvalue weighted by molar-refractivity contribution is 9.10. The Hall–Kier alpha value is -0.970. The fraction of sp³-hybridized carbons (Fsp3) is 0.0909. The van der Waals surface area contributed by atoms with Crippen LogP contribution in [0.1, 0.15) is 5.56 Å². The van der Waals surface area contributed by atoms with Crippen molar-refractivity contribution in [1.29, 1.82) is 0 Å². The molecule has 0 atom stereocenters. The number of hydrogen-bond donors (Lipinski definition) is 1. The van der Waals surface area contributed by atoms with Gasteiger partial charge in [-0.25, -0.2) is 9.97 Å². The number of halogens is 2. The standard InChI is InChI=1S/C11H8BrClN2O/c12-9-10(14-6-15-11(9)13)8-3-1-7(5-16)2-4-8/h1-4,6,16H,5H2. The van der Waals surface area contributed by atoms with Gasteiger partial charge in [0.1, 0.15) is 11.5 Å². The van der Waals surface area contributed by atoms with Gasteiger partial charge in [-0.2, -0.15) is 0 Å². The van der Waals surface area contributed by atoms with Gasteiger partial charge in [-0.3, -0.25) is 0 Å². The Morgan fingerprint density at radius 3 is 2.50 bits per heavy atom. The Kier molecular flexibility index (Phi) is 3.53. The summed E-state index contributed by atoms with van der Waals surface area (Å²) in [5.41, 5.74) is 2.53. The highest BCUT2D eigenvalue weighted by atomic mass is 79.9. The van der Waals surface area contributed by atoms with Crippen molar-refractivity contribution >= 4 is 27.5 Å². The van der Waals surface area contributed by atoms with E-state index in [4.69, 9.17) is 16.7 Å². The third-order valence-electron chi connectivity index (χ3n) is 2.16. The molecule has 0 aliphatic rings. The van der Waals surface area contributed by atoms with Gasteiger partial charge in [0.2, 0.25) is 0 Å². The van der Waals surface area contributed by atoms with Crippen LogP contribution < -0.4 is 0 Å². The van der Waals surface area contributed by atoms with E-state index in [1.54, 1.807) is 0 Å². The number of rotatable bonds is 2. The van der Waals surface area contributed by atoms with Gasteiger partial charge in [-0.1, -0.05) is 35.9 Å². The molecule has 0 saturated heterocycles.